The summed E-state index contributed by atoms with van der Waals surface area (Å²) in [6.07, 6.45) is 1.82. The minimum atomic E-state index is -0.0760. The SMILES string of the molecule is Cc1ccc2cccc(C3CCc4ccccc4C3=O)c2n1. The fourth-order valence-corrected chi connectivity index (χ4v) is 3.44. The summed E-state index contributed by atoms with van der Waals surface area (Å²) in [4.78, 5) is 17.6. The number of pyridine rings is 1. The molecular weight excluding hydrogens is 270 g/mol. The van der Waals surface area contributed by atoms with Crippen molar-refractivity contribution in [1.82, 2.24) is 4.98 Å². The Morgan fingerprint density at radius 3 is 2.77 bits per heavy atom. The minimum Gasteiger partial charge on any atom is -0.293 e. The van der Waals surface area contributed by atoms with Crippen LogP contribution in [0.4, 0.5) is 0 Å². The fraction of sp³-hybridized carbons (Fsp3) is 0.200. The number of rotatable bonds is 1. The van der Waals surface area contributed by atoms with Crippen molar-refractivity contribution in [2.45, 2.75) is 25.7 Å². The molecule has 1 atom stereocenters. The van der Waals surface area contributed by atoms with E-state index in [9.17, 15) is 4.79 Å². The van der Waals surface area contributed by atoms with Gasteiger partial charge in [0, 0.05) is 22.6 Å². The van der Waals surface area contributed by atoms with Crippen molar-refractivity contribution in [3.05, 3.63) is 77.0 Å². The van der Waals surface area contributed by atoms with E-state index in [0.717, 1.165) is 40.6 Å². The third kappa shape index (κ3) is 2.03. The van der Waals surface area contributed by atoms with Gasteiger partial charge >= 0.3 is 0 Å². The Hall–Kier alpha value is -2.48. The number of aromatic nitrogens is 1. The second-order valence-corrected chi connectivity index (χ2v) is 5.98. The fourth-order valence-electron chi connectivity index (χ4n) is 3.44. The Morgan fingerprint density at radius 2 is 1.86 bits per heavy atom. The van der Waals surface area contributed by atoms with Gasteiger partial charge in [0.15, 0.2) is 5.78 Å². The average Bonchev–Trinajstić information content (AvgIpc) is 2.55. The number of carbonyl (C=O) groups is 1. The highest BCUT2D eigenvalue weighted by atomic mass is 16.1. The first kappa shape index (κ1) is 13.2. The summed E-state index contributed by atoms with van der Waals surface area (Å²) in [6.45, 7) is 1.99. The smallest absolute Gasteiger partial charge is 0.170 e. The van der Waals surface area contributed by atoms with Crippen LogP contribution in [-0.4, -0.2) is 10.8 Å². The third-order valence-electron chi connectivity index (χ3n) is 4.57. The lowest BCUT2D eigenvalue weighted by atomic mass is 9.78. The van der Waals surface area contributed by atoms with Crippen molar-refractivity contribution in [3.63, 3.8) is 0 Å². The van der Waals surface area contributed by atoms with Gasteiger partial charge in [-0.2, -0.15) is 0 Å². The van der Waals surface area contributed by atoms with Crippen molar-refractivity contribution in [2.24, 2.45) is 0 Å². The summed E-state index contributed by atoms with van der Waals surface area (Å²) in [7, 11) is 0. The number of carbonyl (C=O) groups excluding carboxylic acids is 1. The standard InChI is InChI=1S/C20H17NO/c1-13-9-10-15-6-4-8-17(19(15)21-13)18-12-11-14-5-2-3-7-16(14)20(18)22/h2-10,18H,11-12H2,1H3. The molecule has 2 nitrogen and oxygen atoms in total. The summed E-state index contributed by atoms with van der Waals surface area (Å²) in [5, 5.41) is 1.11. The van der Waals surface area contributed by atoms with Crippen LogP contribution in [0.1, 0.15) is 39.5 Å². The number of hydrogen-bond acceptors (Lipinski definition) is 2. The van der Waals surface area contributed by atoms with Gasteiger partial charge in [0.2, 0.25) is 0 Å². The number of fused-ring (bicyclic) bond motifs is 2. The second-order valence-electron chi connectivity index (χ2n) is 5.98. The lowest BCUT2D eigenvalue weighted by Crippen LogP contribution is -2.21. The Kier molecular flexibility index (Phi) is 3.04. The van der Waals surface area contributed by atoms with Gasteiger partial charge in [-0.1, -0.05) is 48.5 Å². The Bertz CT molecular complexity index is 882. The van der Waals surface area contributed by atoms with Gasteiger partial charge in [0.25, 0.3) is 0 Å². The Labute approximate surface area is 129 Å². The van der Waals surface area contributed by atoms with E-state index in [-0.39, 0.29) is 11.7 Å². The van der Waals surface area contributed by atoms with Gasteiger partial charge in [-0.3, -0.25) is 9.78 Å². The van der Waals surface area contributed by atoms with E-state index in [1.807, 2.05) is 37.3 Å². The second kappa shape index (κ2) is 5.06. The van der Waals surface area contributed by atoms with Crippen LogP contribution in [0.15, 0.2) is 54.6 Å². The minimum absolute atomic E-state index is 0.0760. The predicted molar refractivity (Wildman–Crippen MR) is 88.3 cm³/mol. The van der Waals surface area contributed by atoms with Crippen LogP contribution in [0, 0.1) is 6.92 Å². The molecule has 0 saturated heterocycles. The van der Waals surface area contributed by atoms with Crippen molar-refractivity contribution in [3.8, 4) is 0 Å². The maximum absolute atomic E-state index is 12.9. The maximum atomic E-state index is 12.9. The van der Waals surface area contributed by atoms with Crippen molar-refractivity contribution >= 4 is 16.7 Å². The van der Waals surface area contributed by atoms with Gasteiger partial charge in [0.1, 0.15) is 0 Å². The summed E-state index contributed by atoms with van der Waals surface area (Å²) in [5.74, 6) is 0.158. The van der Waals surface area contributed by atoms with E-state index in [1.165, 1.54) is 5.56 Å². The normalized spacial score (nSPS) is 17.5. The van der Waals surface area contributed by atoms with Crippen LogP contribution in [0.3, 0.4) is 0 Å². The number of ketones is 1. The van der Waals surface area contributed by atoms with Gasteiger partial charge in [0.05, 0.1) is 5.52 Å². The monoisotopic (exact) mass is 287 g/mol. The number of hydrogen-bond donors (Lipinski definition) is 0. The molecule has 108 valence electrons. The highest BCUT2D eigenvalue weighted by molar-refractivity contribution is 6.05. The molecule has 1 aliphatic rings. The van der Waals surface area contributed by atoms with Gasteiger partial charge in [-0.15, -0.1) is 0 Å². The zero-order valence-electron chi connectivity index (χ0n) is 12.5. The van der Waals surface area contributed by atoms with E-state index in [0.29, 0.717) is 0 Å². The summed E-state index contributed by atoms with van der Waals surface area (Å²) in [5.41, 5.74) is 5.08. The Balaban J connectivity index is 1.87. The molecule has 4 rings (SSSR count). The molecule has 0 bridgehead atoms. The molecule has 3 aromatic rings. The first-order valence-corrected chi connectivity index (χ1v) is 7.72. The summed E-state index contributed by atoms with van der Waals surface area (Å²) < 4.78 is 0. The first-order valence-electron chi connectivity index (χ1n) is 7.72. The molecule has 22 heavy (non-hydrogen) atoms. The number of nitrogens with zero attached hydrogens (tertiary/aromatic N) is 1. The first-order chi connectivity index (χ1) is 10.7. The topological polar surface area (TPSA) is 30.0 Å². The predicted octanol–water partition coefficient (Wildman–Crippen LogP) is 4.46. The molecule has 1 heterocycles. The zero-order valence-corrected chi connectivity index (χ0v) is 12.5. The third-order valence-corrected chi connectivity index (χ3v) is 4.57. The lowest BCUT2D eigenvalue weighted by molar-refractivity contribution is 0.0946. The molecular formula is C20H17NO. The van der Waals surface area contributed by atoms with Crippen LogP contribution < -0.4 is 0 Å². The molecule has 0 radical (unpaired) electrons. The highest BCUT2D eigenvalue weighted by Crippen LogP contribution is 2.35. The van der Waals surface area contributed by atoms with E-state index < -0.39 is 0 Å². The quantitative estimate of drug-likeness (QED) is 0.661. The Morgan fingerprint density at radius 1 is 1.00 bits per heavy atom. The zero-order chi connectivity index (χ0) is 15.1. The largest absolute Gasteiger partial charge is 0.293 e. The van der Waals surface area contributed by atoms with E-state index in [4.69, 9.17) is 0 Å². The summed E-state index contributed by atoms with van der Waals surface area (Å²) in [6, 6.07) is 18.2. The maximum Gasteiger partial charge on any atom is 0.170 e. The highest BCUT2D eigenvalue weighted by Gasteiger charge is 2.29. The molecule has 2 aromatic carbocycles. The number of aryl methyl sites for hydroxylation is 2. The molecule has 1 aromatic heterocycles. The van der Waals surface area contributed by atoms with Crippen molar-refractivity contribution < 1.29 is 4.79 Å². The number of para-hydroxylation sites is 1. The number of benzene rings is 2. The molecule has 0 fully saturated rings. The summed E-state index contributed by atoms with van der Waals surface area (Å²) >= 11 is 0. The molecule has 0 amide bonds. The molecule has 1 aliphatic carbocycles. The van der Waals surface area contributed by atoms with Crippen LogP contribution >= 0.6 is 0 Å². The lowest BCUT2D eigenvalue weighted by Gasteiger charge is -2.24. The van der Waals surface area contributed by atoms with Crippen molar-refractivity contribution in [1.29, 1.82) is 0 Å². The van der Waals surface area contributed by atoms with Crippen LogP contribution in [0.25, 0.3) is 10.9 Å². The molecule has 1 unspecified atom stereocenters. The van der Waals surface area contributed by atoms with Gasteiger partial charge < -0.3 is 0 Å². The molecule has 0 saturated carbocycles. The van der Waals surface area contributed by atoms with Crippen LogP contribution in [0.2, 0.25) is 0 Å². The van der Waals surface area contributed by atoms with Gasteiger partial charge in [-0.25, -0.2) is 0 Å². The van der Waals surface area contributed by atoms with Gasteiger partial charge in [-0.05, 0) is 37.0 Å². The average molecular weight is 287 g/mol. The van der Waals surface area contributed by atoms with Crippen LogP contribution in [0.5, 0.6) is 0 Å². The molecule has 0 N–H and O–H groups in total. The van der Waals surface area contributed by atoms with E-state index >= 15 is 0 Å². The molecule has 2 heteroatoms. The van der Waals surface area contributed by atoms with Crippen molar-refractivity contribution in [2.75, 3.05) is 0 Å². The van der Waals surface area contributed by atoms with E-state index in [2.05, 4.69) is 29.2 Å². The van der Waals surface area contributed by atoms with E-state index in [1.54, 1.807) is 0 Å². The van der Waals surface area contributed by atoms with Crippen LogP contribution in [-0.2, 0) is 6.42 Å². The number of Topliss-reactive ketones (excluding diaryl/α,β-unsaturated/α-hetero) is 1. The molecule has 0 spiro atoms. The molecule has 0 aliphatic heterocycles.